The molecule has 5 rings (SSSR count). The van der Waals surface area contributed by atoms with Crippen LogP contribution in [-0.2, 0) is 27.6 Å². The quantitative estimate of drug-likeness (QED) is 0.112. The van der Waals surface area contributed by atoms with Gasteiger partial charge in [0.05, 0.1) is 15.8 Å². The molecule has 0 N–H and O–H groups in total. The fourth-order valence-electron chi connectivity index (χ4n) is 4.82. The molecular weight excluding hydrogens is 655 g/mol. The summed E-state index contributed by atoms with van der Waals surface area (Å²) in [5.74, 6) is 2.57. The largest absolute Gasteiger partial charge is 0.744 e. The Kier molecular flexibility index (Phi) is 12.2. The molecule has 1 heterocycles. The lowest BCUT2D eigenvalue weighted by molar-refractivity contribution is 0.130. The Morgan fingerprint density at radius 2 is 1.18 bits per heavy atom. The van der Waals surface area contributed by atoms with E-state index in [-0.39, 0.29) is 27.0 Å². The third-order valence-corrected chi connectivity index (χ3v) is 9.97. The van der Waals surface area contributed by atoms with Crippen molar-refractivity contribution in [3.05, 3.63) is 132 Å². The van der Waals surface area contributed by atoms with Crippen molar-refractivity contribution in [1.29, 1.82) is 0 Å². The average Bonchev–Trinajstić information content (AvgIpc) is 3.01. The van der Waals surface area contributed by atoms with Crippen molar-refractivity contribution in [3.63, 3.8) is 0 Å². The predicted molar refractivity (Wildman–Crippen MR) is 195 cm³/mol. The third-order valence-electron chi connectivity index (χ3n) is 6.76. The van der Waals surface area contributed by atoms with E-state index in [1.165, 1.54) is 20.8 Å². The zero-order valence-corrected chi connectivity index (χ0v) is 31.0. The summed E-state index contributed by atoms with van der Waals surface area (Å²) in [5.41, 5.74) is 2.05. The monoisotopic (exact) mass is 699 g/mol. The molecule has 0 saturated heterocycles. The molecule has 7 nitrogen and oxygen atoms in total. The summed E-state index contributed by atoms with van der Waals surface area (Å²) in [7, 11) is -4.64. The maximum Gasteiger partial charge on any atom is 0.170 e. The summed E-state index contributed by atoms with van der Waals surface area (Å²) in [4.78, 5) is 7.55. The van der Waals surface area contributed by atoms with E-state index in [0.717, 1.165) is 28.4 Å². The van der Waals surface area contributed by atoms with Gasteiger partial charge in [-0.05, 0) is 145 Å². The lowest BCUT2D eigenvalue weighted by atomic mass is 10.2. The van der Waals surface area contributed by atoms with Crippen LogP contribution in [0.1, 0.15) is 58.2 Å². The van der Waals surface area contributed by atoms with Crippen molar-refractivity contribution >= 4 is 21.0 Å². The molecule has 0 atom stereocenters. The Hall–Kier alpha value is -4.31. The highest BCUT2D eigenvalue weighted by molar-refractivity contribution is 7.97. The molecule has 9 heteroatoms. The highest BCUT2D eigenvalue weighted by atomic mass is 32.2. The Balaban J connectivity index is 0.000000380. The van der Waals surface area contributed by atoms with Gasteiger partial charge in [0.2, 0.25) is 0 Å². The second-order valence-electron chi connectivity index (χ2n) is 13.5. The molecule has 0 radical (unpaired) electrons. The Morgan fingerprint density at radius 1 is 0.653 bits per heavy atom. The number of aryl methyl sites for hydroxylation is 2. The van der Waals surface area contributed by atoms with E-state index >= 15 is 0 Å². The van der Waals surface area contributed by atoms with E-state index in [1.54, 1.807) is 31.5 Å². The summed E-state index contributed by atoms with van der Waals surface area (Å²) < 4.78 is 50.1. The first-order valence-corrected chi connectivity index (χ1v) is 18.6. The summed E-state index contributed by atoms with van der Waals surface area (Å²) in [5, 5.41) is 0. The van der Waals surface area contributed by atoms with Crippen LogP contribution in [-0.4, -0.2) is 29.2 Å². The average molecular weight is 700 g/mol. The molecule has 1 aromatic heterocycles. The molecule has 258 valence electrons. The lowest BCUT2D eigenvalue weighted by Crippen LogP contribution is -2.23. The maximum absolute atomic E-state index is 10.6. The van der Waals surface area contributed by atoms with Crippen LogP contribution in [0, 0.1) is 13.8 Å². The summed E-state index contributed by atoms with van der Waals surface area (Å²) in [6, 6.07) is 33.8. The van der Waals surface area contributed by atoms with Crippen molar-refractivity contribution in [2.45, 2.75) is 92.8 Å². The number of hydrogen-bond donors (Lipinski definition) is 0. The van der Waals surface area contributed by atoms with Crippen molar-refractivity contribution in [2.75, 3.05) is 0 Å². The fourth-order valence-corrected chi connectivity index (χ4v) is 7.59. The van der Waals surface area contributed by atoms with Crippen molar-refractivity contribution in [2.24, 2.45) is 0 Å². The van der Waals surface area contributed by atoms with E-state index in [0.29, 0.717) is 12.2 Å². The second-order valence-corrected chi connectivity index (χ2v) is 16.9. The maximum atomic E-state index is 10.6. The van der Waals surface area contributed by atoms with Gasteiger partial charge in [-0.25, -0.2) is 8.42 Å². The second kappa shape index (κ2) is 15.9. The Labute approximate surface area is 294 Å². The van der Waals surface area contributed by atoms with E-state index in [1.807, 2.05) is 25.1 Å². The number of ether oxygens (including phenoxy) is 3. The fraction of sp³-hybridized carbons (Fsp3) is 0.275. The highest BCUT2D eigenvalue weighted by Gasteiger charge is 2.30. The number of nitrogens with zero attached hydrogens (tertiary/aromatic N) is 1. The topological polar surface area (TPSA) is 97.8 Å². The minimum atomic E-state index is -4.30. The molecule has 0 bridgehead atoms. The zero-order valence-electron chi connectivity index (χ0n) is 29.4. The molecular formula is C40H45NO6S2. The Morgan fingerprint density at radius 3 is 1.65 bits per heavy atom. The van der Waals surface area contributed by atoms with E-state index < -0.39 is 10.1 Å². The number of benzene rings is 4. The van der Waals surface area contributed by atoms with Crippen LogP contribution in [0.5, 0.6) is 17.2 Å². The number of pyridine rings is 1. The number of rotatable bonds is 9. The SMILES string of the molecule is CC(C)(C)Oc1ccc([S+](c2ccc(OC(C)(C)C)cc2)c2cccc(OCc3ccncc3)c2)cc1.Cc1ccc(S(=O)(=O)[O-])c(C)c1. The summed E-state index contributed by atoms with van der Waals surface area (Å²) in [6.07, 6.45) is 3.57. The minimum Gasteiger partial charge on any atom is -0.744 e. The van der Waals surface area contributed by atoms with Gasteiger partial charge in [-0.2, -0.15) is 0 Å². The van der Waals surface area contributed by atoms with Crippen LogP contribution in [0.3, 0.4) is 0 Å². The first-order chi connectivity index (χ1) is 23.0. The molecule has 5 aromatic rings. The van der Waals surface area contributed by atoms with Crippen LogP contribution in [0.25, 0.3) is 0 Å². The molecule has 0 amide bonds. The van der Waals surface area contributed by atoms with Gasteiger partial charge in [0.1, 0.15) is 45.2 Å². The van der Waals surface area contributed by atoms with Gasteiger partial charge >= 0.3 is 0 Å². The van der Waals surface area contributed by atoms with Gasteiger partial charge in [-0.1, -0.05) is 23.8 Å². The van der Waals surface area contributed by atoms with Crippen molar-refractivity contribution in [3.8, 4) is 17.2 Å². The zero-order chi connectivity index (χ0) is 35.8. The van der Waals surface area contributed by atoms with E-state index in [9.17, 15) is 13.0 Å². The van der Waals surface area contributed by atoms with Crippen LogP contribution >= 0.6 is 0 Å². The minimum absolute atomic E-state index is 0.131. The smallest absolute Gasteiger partial charge is 0.170 e. The van der Waals surface area contributed by atoms with Crippen LogP contribution < -0.4 is 14.2 Å². The molecule has 0 aliphatic carbocycles. The number of aromatic nitrogens is 1. The van der Waals surface area contributed by atoms with Gasteiger partial charge < -0.3 is 18.8 Å². The normalized spacial score (nSPS) is 11.8. The molecule has 0 aliphatic heterocycles. The van der Waals surface area contributed by atoms with Crippen molar-refractivity contribution < 1.29 is 27.2 Å². The molecule has 0 fully saturated rings. The third kappa shape index (κ3) is 12.0. The van der Waals surface area contributed by atoms with Gasteiger partial charge in [0, 0.05) is 18.5 Å². The molecule has 4 aromatic carbocycles. The lowest BCUT2D eigenvalue weighted by Gasteiger charge is -2.21. The van der Waals surface area contributed by atoms with Gasteiger partial charge in [0.15, 0.2) is 14.7 Å². The van der Waals surface area contributed by atoms with Crippen LogP contribution in [0.15, 0.2) is 135 Å². The standard InChI is InChI=1S/C32H36NO3S.C8H10O3S/c1-31(2,3)35-25-10-14-28(15-11-25)37(29-16-12-26(13-17-29)36-32(4,5)6)30-9-7-8-27(22-30)34-23-24-18-20-33-21-19-24;1-6-3-4-8(7(2)5-6)12(9,10)11/h7-22H,23H2,1-6H3;3-5H,1-2H3,(H,9,10,11)/q+1;/p-1. The summed E-state index contributed by atoms with van der Waals surface area (Å²) in [6.45, 7) is 16.3. The highest BCUT2D eigenvalue weighted by Crippen LogP contribution is 2.35. The first-order valence-electron chi connectivity index (χ1n) is 15.9. The van der Waals surface area contributed by atoms with Gasteiger partial charge in [-0.3, -0.25) is 4.98 Å². The Bertz CT molecular complexity index is 1850. The van der Waals surface area contributed by atoms with Crippen LogP contribution in [0.2, 0.25) is 0 Å². The summed E-state index contributed by atoms with van der Waals surface area (Å²) >= 11 is 0. The van der Waals surface area contributed by atoms with Crippen molar-refractivity contribution in [1.82, 2.24) is 4.98 Å². The molecule has 0 spiro atoms. The van der Waals surface area contributed by atoms with Gasteiger partial charge in [0.25, 0.3) is 0 Å². The molecule has 0 saturated carbocycles. The number of hydrogen-bond acceptors (Lipinski definition) is 7. The van der Waals surface area contributed by atoms with Gasteiger partial charge in [-0.15, -0.1) is 0 Å². The molecule has 0 aliphatic rings. The molecule has 49 heavy (non-hydrogen) atoms. The first kappa shape index (κ1) is 37.5. The molecule has 0 unspecified atom stereocenters. The van der Waals surface area contributed by atoms with E-state index in [4.69, 9.17) is 14.2 Å². The predicted octanol–water partition coefficient (Wildman–Crippen LogP) is 9.32. The van der Waals surface area contributed by atoms with E-state index in [2.05, 4.69) is 113 Å². The van der Waals surface area contributed by atoms with Crippen LogP contribution in [0.4, 0.5) is 0 Å².